The molecule has 0 aromatic carbocycles. The molecular formula is C13H18N4O2. The number of methoxy groups -OCH3 is 1. The van der Waals surface area contributed by atoms with Crippen molar-refractivity contribution in [1.29, 1.82) is 0 Å². The molecule has 2 atom stereocenters. The second-order valence-corrected chi connectivity index (χ2v) is 5.26. The number of nitrogens with zero attached hydrogens (tertiary/aromatic N) is 2. The molecule has 1 amide bonds. The van der Waals surface area contributed by atoms with Gasteiger partial charge >= 0.3 is 6.01 Å². The molecular weight excluding hydrogens is 244 g/mol. The van der Waals surface area contributed by atoms with E-state index >= 15 is 0 Å². The van der Waals surface area contributed by atoms with Gasteiger partial charge in [-0.05, 0) is 24.8 Å². The number of carbonyl (C=O) groups excluding carboxylic acids is 1. The third kappa shape index (κ3) is 2.16. The van der Waals surface area contributed by atoms with E-state index in [1.165, 1.54) is 26.1 Å². The van der Waals surface area contributed by atoms with Crippen LogP contribution in [0.3, 0.4) is 0 Å². The zero-order valence-corrected chi connectivity index (χ0v) is 11.0. The van der Waals surface area contributed by atoms with E-state index in [9.17, 15) is 4.79 Å². The van der Waals surface area contributed by atoms with Crippen LogP contribution in [0.5, 0.6) is 6.01 Å². The minimum Gasteiger partial charge on any atom is -0.467 e. The first-order valence-corrected chi connectivity index (χ1v) is 6.64. The van der Waals surface area contributed by atoms with Crippen LogP contribution in [0.1, 0.15) is 29.8 Å². The van der Waals surface area contributed by atoms with Gasteiger partial charge in [-0.1, -0.05) is 6.42 Å². The number of ether oxygens (including phenoxy) is 1. The molecule has 2 aliphatic rings. The van der Waals surface area contributed by atoms with Crippen LogP contribution in [0, 0.1) is 5.92 Å². The van der Waals surface area contributed by atoms with Crippen molar-refractivity contribution in [2.45, 2.75) is 24.8 Å². The molecule has 0 bridgehead atoms. The van der Waals surface area contributed by atoms with Gasteiger partial charge in [0.1, 0.15) is 5.69 Å². The predicted octanol–water partition coefficient (Wildman–Crippen LogP) is 0.357. The number of carbonyl (C=O) groups is 1. The summed E-state index contributed by atoms with van der Waals surface area (Å²) in [5.74, 6) is 0.400. The van der Waals surface area contributed by atoms with Crippen LogP contribution < -0.4 is 15.4 Å². The summed E-state index contributed by atoms with van der Waals surface area (Å²) in [6, 6.07) is 1.83. The largest absolute Gasteiger partial charge is 0.467 e. The van der Waals surface area contributed by atoms with Crippen molar-refractivity contribution in [2.24, 2.45) is 5.92 Å². The highest BCUT2D eigenvalue weighted by molar-refractivity contribution is 5.92. The smallest absolute Gasteiger partial charge is 0.316 e. The average molecular weight is 262 g/mol. The minimum atomic E-state index is -0.142. The Bertz CT molecular complexity index is 481. The summed E-state index contributed by atoms with van der Waals surface area (Å²) in [6.45, 7) is 1.85. The van der Waals surface area contributed by atoms with E-state index in [1.54, 1.807) is 6.07 Å². The lowest BCUT2D eigenvalue weighted by molar-refractivity contribution is 0.0887. The molecule has 1 aromatic heterocycles. The fourth-order valence-electron chi connectivity index (χ4n) is 3.21. The fourth-order valence-corrected chi connectivity index (χ4v) is 3.21. The topological polar surface area (TPSA) is 76.1 Å². The van der Waals surface area contributed by atoms with E-state index in [4.69, 9.17) is 4.74 Å². The van der Waals surface area contributed by atoms with E-state index in [-0.39, 0.29) is 17.5 Å². The Hall–Kier alpha value is -1.69. The Balaban J connectivity index is 1.77. The van der Waals surface area contributed by atoms with Crippen molar-refractivity contribution in [1.82, 2.24) is 20.6 Å². The maximum Gasteiger partial charge on any atom is 0.316 e. The van der Waals surface area contributed by atoms with Crippen LogP contribution in [0.15, 0.2) is 12.3 Å². The van der Waals surface area contributed by atoms with Crippen molar-refractivity contribution in [3.63, 3.8) is 0 Å². The maximum absolute atomic E-state index is 12.3. The van der Waals surface area contributed by atoms with Crippen LogP contribution >= 0.6 is 0 Å². The molecule has 1 aliphatic heterocycles. The van der Waals surface area contributed by atoms with Crippen molar-refractivity contribution in [2.75, 3.05) is 20.2 Å². The monoisotopic (exact) mass is 262 g/mol. The highest BCUT2D eigenvalue weighted by Gasteiger charge is 2.47. The van der Waals surface area contributed by atoms with Gasteiger partial charge in [0.2, 0.25) is 0 Å². The molecule has 2 N–H and O–H groups in total. The highest BCUT2D eigenvalue weighted by Crippen LogP contribution is 2.38. The summed E-state index contributed by atoms with van der Waals surface area (Å²) >= 11 is 0. The Morgan fingerprint density at radius 1 is 1.63 bits per heavy atom. The summed E-state index contributed by atoms with van der Waals surface area (Å²) in [7, 11) is 1.49. The van der Waals surface area contributed by atoms with Crippen molar-refractivity contribution in [3.05, 3.63) is 18.0 Å². The zero-order chi connectivity index (χ0) is 13.3. The Kier molecular flexibility index (Phi) is 3.10. The predicted molar refractivity (Wildman–Crippen MR) is 69.0 cm³/mol. The molecule has 6 nitrogen and oxygen atoms in total. The maximum atomic E-state index is 12.3. The lowest BCUT2D eigenvalue weighted by Gasteiger charge is -2.29. The molecule has 1 aliphatic carbocycles. The second kappa shape index (κ2) is 4.77. The lowest BCUT2D eigenvalue weighted by Crippen LogP contribution is -2.51. The van der Waals surface area contributed by atoms with Gasteiger partial charge in [0.25, 0.3) is 5.91 Å². The van der Waals surface area contributed by atoms with Gasteiger partial charge in [0.05, 0.1) is 12.6 Å². The van der Waals surface area contributed by atoms with E-state index in [0.29, 0.717) is 11.6 Å². The number of aromatic nitrogens is 2. The van der Waals surface area contributed by atoms with Crippen LogP contribution in [-0.4, -0.2) is 41.6 Å². The standard InChI is InChI=1S/C13H18N4O2/c1-19-12-15-6-4-10(16-12)11(18)17-13-5-2-3-9(13)7-14-8-13/h4,6,9,14H,2-3,5,7-8H2,1H3,(H,17,18)/t9-,13-/m0/s1. The van der Waals surface area contributed by atoms with Gasteiger partial charge < -0.3 is 15.4 Å². The third-order valence-corrected chi connectivity index (χ3v) is 4.20. The molecule has 102 valence electrons. The molecule has 2 fully saturated rings. The molecule has 1 saturated heterocycles. The quantitative estimate of drug-likeness (QED) is 0.822. The number of hydrogen-bond donors (Lipinski definition) is 2. The van der Waals surface area contributed by atoms with Gasteiger partial charge in [0.15, 0.2) is 0 Å². The molecule has 0 radical (unpaired) electrons. The van der Waals surface area contributed by atoms with E-state index in [0.717, 1.165) is 19.5 Å². The Morgan fingerprint density at radius 2 is 2.53 bits per heavy atom. The molecule has 0 spiro atoms. The molecule has 1 aromatic rings. The molecule has 0 unspecified atom stereocenters. The average Bonchev–Trinajstić information content (AvgIpc) is 2.98. The summed E-state index contributed by atoms with van der Waals surface area (Å²) in [5, 5.41) is 6.55. The second-order valence-electron chi connectivity index (χ2n) is 5.26. The van der Waals surface area contributed by atoms with Gasteiger partial charge in [-0.2, -0.15) is 4.98 Å². The molecule has 3 rings (SSSR count). The summed E-state index contributed by atoms with van der Waals surface area (Å²) in [6.07, 6.45) is 4.94. The number of nitrogens with one attached hydrogen (secondary N) is 2. The Morgan fingerprint density at radius 3 is 3.37 bits per heavy atom. The number of hydrogen-bond acceptors (Lipinski definition) is 5. The lowest BCUT2D eigenvalue weighted by atomic mass is 9.90. The first-order valence-electron chi connectivity index (χ1n) is 6.64. The van der Waals surface area contributed by atoms with Gasteiger partial charge in [-0.15, -0.1) is 0 Å². The number of rotatable bonds is 3. The third-order valence-electron chi connectivity index (χ3n) is 4.20. The number of amides is 1. The van der Waals surface area contributed by atoms with Crippen LogP contribution in [0.4, 0.5) is 0 Å². The zero-order valence-electron chi connectivity index (χ0n) is 11.0. The van der Waals surface area contributed by atoms with Crippen LogP contribution in [0.2, 0.25) is 0 Å². The first kappa shape index (κ1) is 12.3. The van der Waals surface area contributed by atoms with Crippen LogP contribution in [0.25, 0.3) is 0 Å². The minimum absolute atomic E-state index is 0.0880. The number of fused-ring (bicyclic) bond motifs is 1. The van der Waals surface area contributed by atoms with Crippen molar-refractivity contribution in [3.8, 4) is 6.01 Å². The van der Waals surface area contributed by atoms with Gasteiger partial charge in [-0.3, -0.25) is 4.79 Å². The summed E-state index contributed by atoms with van der Waals surface area (Å²) < 4.78 is 4.95. The van der Waals surface area contributed by atoms with E-state index in [1.807, 2.05) is 0 Å². The van der Waals surface area contributed by atoms with E-state index in [2.05, 4.69) is 20.6 Å². The van der Waals surface area contributed by atoms with E-state index < -0.39 is 0 Å². The SMILES string of the molecule is COc1nccc(C(=O)N[C@]23CCC[C@H]2CNC3)n1. The van der Waals surface area contributed by atoms with Crippen molar-refractivity contribution < 1.29 is 9.53 Å². The van der Waals surface area contributed by atoms with Crippen molar-refractivity contribution >= 4 is 5.91 Å². The first-order chi connectivity index (χ1) is 9.23. The normalized spacial score (nSPS) is 29.0. The Labute approximate surface area is 112 Å². The molecule has 2 heterocycles. The highest BCUT2D eigenvalue weighted by atomic mass is 16.5. The van der Waals surface area contributed by atoms with Gasteiger partial charge in [0, 0.05) is 19.3 Å². The summed E-state index contributed by atoms with van der Waals surface area (Å²) in [4.78, 5) is 20.3. The van der Waals surface area contributed by atoms with Crippen LogP contribution in [-0.2, 0) is 0 Å². The molecule has 1 saturated carbocycles. The summed E-state index contributed by atoms with van der Waals surface area (Å²) in [5.41, 5.74) is 0.272. The van der Waals surface area contributed by atoms with Gasteiger partial charge in [-0.25, -0.2) is 4.98 Å². The molecule has 19 heavy (non-hydrogen) atoms. The fraction of sp³-hybridized carbons (Fsp3) is 0.615. The molecule has 6 heteroatoms.